The Kier molecular flexibility index (Phi) is 3.34. The molecule has 0 spiro atoms. The second kappa shape index (κ2) is 5.13. The number of benzene rings is 1. The summed E-state index contributed by atoms with van der Waals surface area (Å²) in [6, 6.07) is 8.48. The smallest absolute Gasteiger partial charge is 0.227 e. The lowest BCUT2D eigenvalue weighted by atomic mass is 10.1. The van der Waals surface area contributed by atoms with Gasteiger partial charge in [0.05, 0.1) is 6.04 Å². The van der Waals surface area contributed by atoms with Crippen LogP contribution in [-0.4, -0.2) is 10.1 Å². The van der Waals surface area contributed by atoms with E-state index in [1.165, 1.54) is 24.0 Å². The third-order valence-electron chi connectivity index (χ3n) is 3.66. The van der Waals surface area contributed by atoms with Crippen molar-refractivity contribution in [3.05, 3.63) is 47.1 Å². The molecule has 1 aliphatic rings. The van der Waals surface area contributed by atoms with E-state index >= 15 is 0 Å². The number of aromatic nitrogens is 2. The van der Waals surface area contributed by atoms with Crippen LogP contribution in [0.3, 0.4) is 0 Å². The van der Waals surface area contributed by atoms with E-state index in [2.05, 4.69) is 41.3 Å². The van der Waals surface area contributed by atoms with Crippen molar-refractivity contribution in [1.29, 1.82) is 0 Å². The Labute approximate surface area is 113 Å². The van der Waals surface area contributed by atoms with Gasteiger partial charge in [0.1, 0.15) is 0 Å². The highest BCUT2D eigenvalue weighted by atomic mass is 16.5. The predicted molar refractivity (Wildman–Crippen MR) is 72.5 cm³/mol. The fraction of sp³-hybridized carbons (Fsp3) is 0.467. The van der Waals surface area contributed by atoms with Gasteiger partial charge in [-0.15, -0.1) is 0 Å². The minimum absolute atomic E-state index is 0.0446. The van der Waals surface area contributed by atoms with Crippen LogP contribution in [0.5, 0.6) is 0 Å². The topological polar surface area (TPSA) is 64.9 Å². The summed E-state index contributed by atoms with van der Waals surface area (Å²) < 4.78 is 5.27. The van der Waals surface area contributed by atoms with E-state index in [9.17, 15) is 0 Å². The van der Waals surface area contributed by atoms with Gasteiger partial charge < -0.3 is 10.3 Å². The number of nitrogens with zero attached hydrogens (tertiary/aromatic N) is 2. The summed E-state index contributed by atoms with van der Waals surface area (Å²) in [6.45, 7) is 2.09. The molecule has 1 heterocycles. The second-order valence-electron chi connectivity index (χ2n) is 5.40. The zero-order valence-electron chi connectivity index (χ0n) is 11.2. The van der Waals surface area contributed by atoms with Gasteiger partial charge in [0, 0.05) is 6.42 Å². The van der Waals surface area contributed by atoms with E-state index in [0.29, 0.717) is 17.6 Å². The van der Waals surface area contributed by atoms with Gasteiger partial charge in [0.15, 0.2) is 5.82 Å². The first-order chi connectivity index (χ1) is 9.22. The molecule has 0 bridgehead atoms. The van der Waals surface area contributed by atoms with Crippen LogP contribution in [0.4, 0.5) is 0 Å². The van der Waals surface area contributed by atoms with E-state index in [1.54, 1.807) is 0 Å². The van der Waals surface area contributed by atoms with E-state index in [1.807, 2.05) is 0 Å². The molecule has 0 saturated heterocycles. The van der Waals surface area contributed by atoms with Crippen molar-refractivity contribution < 1.29 is 4.52 Å². The van der Waals surface area contributed by atoms with Crippen LogP contribution >= 0.6 is 0 Å². The van der Waals surface area contributed by atoms with Crippen LogP contribution in [0.15, 0.2) is 28.8 Å². The van der Waals surface area contributed by atoms with E-state index in [0.717, 1.165) is 12.8 Å². The Bertz CT molecular complexity index is 543. The fourth-order valence-corrected chi connectivity index (χ4v) is 2.18. The molecule has 2 N–H and O–H groups in total. The summed E-state index contributed by atoms with van der Waals surface area (Å²) in [7, 11) is 0. The van der Waals surface area contributed by atoms with E-state index in [4.69, 9.17) is 10.3 Å². The molecule has 2 aromatic rings. The van der Waals surface area contributed by atoms with Gasteiger partial charge in [0.2, 0.25) is 5.89 Å². The molecule has 4 nitrogen and oxygen atoms in total. The number of rotatable bonds is 5. The molecule has 1 atom stereocenters. The lowest BCUT2D eigenvalue weighted by Gasteiger charge is -2.02. The van der Waals surface area contributed by atoms with E-state index in [-0.39, 0.29) is 6.04 Å². The Morgan fingerprint density at radius 3 is 2.68 bits per heavy atom. The number of aryl methyl sites for hydroxylation is 3. The molecule has 1 aromatic carbocycles. The van der Waals surface area contributed by atoms with Crippen LogP contribution in [0.2, 0.25) is 0 Å². The lowest BCUT2D eigenvalue weighted by molar-refractivity contribution is 0.367. The summed E-state index contributed by atoms with van der Waals surface area (Å²) in [5.41, 5.74) is 8.62. The van der Waals surface area contributed by atoms with Gasteiger partial charge >= 0.3 is 0 Å². The van der Waals surface area contributed by atoms with Crippen molar-refractivity contribution in [2.24, 2.45) is 11.7 Å². The van der Waals surface area contributed by atoms with Crippen LogP contribution in [0.25, 0.3) is 0 Å². The summed E-state index contributed by atoms with van der Waals surface area (Å²) in [4.78, 5) is 4.40. The largest absolute Gasteiger partial charge is 0.339 e. The van der Waals surface area contributed by atoms with Gasteiger partial charge in [-0.25, -0.2) is 0 Å². The molecule has 100 valence electrons. The number of hydrogen-bond donors (Lipinski definition) is 1. The molecular formula is C15H19N3O. The molecule has 1 aliphatic carbocycles. The molecule has 19 heavy (non-hydrogen) atoms. The molecule has 3 rings (SSSR count). The van der Waals surface area contributed by atoms with Crippen molar-refractivity contribution in [2.45, 2.75) is 38.6 Å². The summed E-state index contributed by atoms with van der Waals surface area (Å²) >= 11 is 0. The highest BCUT2D eigenvalue weighted by Crippen LogP contribution is 2.38. The zero-order chi connectivity index (χ0) is 13.2. The minimum Gasteiger partial charge on any atom is -0.339 e. The average molecular weight is 257 g/mol. The Hall–Kier alpha value is -1.68. The third-order valence-corrected chi connectivity index (χ3v) is 3.66. The van der Waals surface area contributed by atoms with Crippen LogP contribution < -0.4 is 5.73 Å². The monoisotopic (exact) mass is 257 g/mol. The van der Waals surface area contributed by atoms with Gasteiger partial charge in [-0.1, -0.05) is 35.0 Å². The molecular weight excluding hydrogens is 238 g/mol. The molecule has 4 heteroatoms. The van der Waals surface area contributed by atoms with Crippen LogP contribution in [0.1, 0.15) is 41.7 Å². The van der Waals surface area contributed by atoms with Crippen molar-refractivity contribution >= 4 is 0 Å². The minimum atomic E-state index is -0.0446. The quantitative estimate of drug-likeness (QED) is 0.894. The van der Waals surface area contributed by atoms with Gasteiger partial charge in [-0.3, -0.25) is 0 Å². The van der Waals surface area contributed by atoms with Crippen LogP contribution in [-0.2, 0) is 12.8 Å². The Morgan fingerprint density at radius 2 is 2.00 bits per heavy atom. The summed E-state index contributed by atoms with van der Waals surface area (Å²) in [5.74, 6) is 1.91. The number of nitrogens with two attached hydrogens (primary N) is 1. The Balaban J connectivity index is 1.59. The normalized spacial score (nSPS) is 16.5. The predicted octanol–water partition coefficient (Wildman–Crippen LogP) is 2.57. The van der Waals surface area contributed by atoms with Crippen molar-refractivity contribution in [3.63, 3.8) is 0 Å². The standard InChI is InChI=1S/C15H19N3O/c1-10-2-4-11(5-3-10)6-9-13-17-15(18-19-13)14(16)12-7-8-12/h2-5,12,14H,6-9,16H2,1H3. The molecule has 1 saturated carbocycles. The maximum atomic E-state index is 6.05. The first kappa shape index (κ1) is 12.4. The zero-order valence-corrected chi connectivity index (χ0v) is 11.2. The lowest BCUT2D eigenvalue weighted by Crippen LogP contribution is -2.14. The number of hydrogen-bond acceptors (Lipinski definition) is 4. The molecule has 0 radical (unpaired) electrons. The molecule has 0 amide bonds. The average Bonchev–Trinajstić information content (AvgIpc) is 3.16. The van der Waals surface area contributed by atoms with Gasteiger partial charge in [-0.2, -0.15) is 4.98 Å². The molecule has 1 fully saturated rings. The van der Waals surface area contributed by atoms with Crippen LogP contribution in [0, 0.1) is 12.8 Å². The summed E-state index contributed by atoms with van der Waals surface area (Å²) in [5, 5.41) is 3.99. The van der Waals surface area contributed by atoms with Gasteiger partial charge in [-0.05, 0) is 37.7 Å². The first-order valence-electron chi connectivity index (χ1n) is 6.86. The highest BCUT2D eigenvalue weighted by Gasteiger charge is 2.32. The van der Waals surface area contributed by atoms with Crippen molar-refractivity contribution in [2.75, 3.05) is 0 Å². The second-order valence-corrected chi connectivity index (χ2v) is 5.40. The van der Waals surface area contributed by atoms with Crippen molar-refractivity contribution in [3.8, 4) is 0 Å². The highest BCUT2D eigenvalue weighted by molar-refractivity contribution is 5.21. The molecule has 1 aromatic heterocycles. The van der Waals surface area contributed by atoms with Crippen molar-refractivity contribution in [1.82, 2.24) is 10.1 Å². The molecule has 0 aliphatic heterocycles. The third kappa shape index (κ3) is 3.01. The van der Waals surface area contributed by atoms with Gasteiger partial charge in [0.25, 0.3) is 0 Å². The Morgan fingerprint density at radius 1 is 1.26 bits per heavy atom. The fourth-order valence-electron chi connectivity index (χ4n) is 2.18. The maximum Gasteiger partial charge on any atom is 0.227 e. The maximum absolute atomic E-state index is 6.05. The first-order valence-corrected chi connectivity index (χ1v) is 6.86. The van der Waals surface area contributed by atoms with E-state index < -0.39 is 0 Å². The SMILES string of the molecule is Cc1ccc(CCc2nc(C(N)C3CC3)no2)cc1. The summed E-state index contributed by atoms with van der Waals surface area (Å²) in [6.07, 6.45) is 4.07. The molecule has 1 unspecified atom stereocenters.